The van der Waals surface area contributed by atoms with Gasteiger partial charge in [0, 0.05) is 18.7 Å². The summed E-state index contributed by atoms with van der Waals surface area (Å²) in [4.78, 5) is 16.6. The maximum atomic E-state index is 13.2. The van der Waals surface area contributed by atoms with Gasteiger partial charge >= 0.3 is 12.1 Å². The van der Waals surface area contributed by atoms with Crippen LogP contribution in [0, 0.1) is 12.3 Å². The van der Waals surface area contributed by atoms with Gasteiger partial charge in [-0.1, -0.05) is 24.3 Å². The molecule has 3 rings (SSSR count). The quantitative estimate of drug-likeness (QED) is 0.676. The lowest BCUT2D eigenvalue weighted by Gasteiger charge is -2.35. The lowest BCUT2D eigenvalue weighted by atomic mass is 9.86. The van der Waals surface area contributed by atoms with Crippen LogP contribution in [0.5, 0.6) is 5.88 Å². The number of pyridine rings is 1. The maximum Gasteiger partial charge on any atom is 0.421 e. The van der Waals surface area contributed by atoms with E-state index in [2.05, 4.69) is 10.3 Å². The van der Waals surface area contributed by atoms with Gasteiger partial charge in [-0.15, -0.1) is 0 Å². The molecular weight excluding hydrogens is 409 g/mol. The predicted octanol–water partition coefficient (Wildman–Crippen LogP) is 4.50. The summed E-state index contributed by atoms with van der Waals surface area (Å²) in [6, 6.07) is 10.1. The molecule has 2 atom stereocenters. The Hall–Kier alpha value is -2.61. The van der Waals surface area contributed by atoms with Crippen molar-refractivity contribution in [3.8, 4) is 5.88 Å². The van der Waals surface area contributed by atoms with E-state index in [1.54, 1.807) is 13.8 Å². The molecule has 1 N–H and O–H groups in total. The summed E-state index contributed by atoms with van der Waals surface area (Å²) in [5.41, 5.74) is 0.110. The van der Waals surface area contributed by atoms with Crippen LogP contribution < -0.4 is 10.1 Å². The molecule has 1 aromatic heterocycles. The zero-order valence-corrected chi connectivity index (χ0v) is 17.8. The molecular formula is C23H27F3N2O3. The number of carbonyl (C=O) groups is 1. The number of aryl methyl sites for hydroxylation is 1. The van der Waals surface area contributed by atoms with Gasteiger partial charge < -0.3 is 14.8 Å². The minimum Gasteiger partial charge on any atom is -0.476 e. The van der Waals surface area contributed by atoms with Crippen molar-refractivity contribution < 1.29 is 27.4 Å². The topological polar surface area (TPSA) is 60.5 Å². The number of nitrogens with zero attached hydrogens (tertiary/aromatic N) is 1. The summed E-state index contributed by atoms with van der Waals surface area (Å²) in [5, 5.41) is 3.34. The van der Waals surface area contributed by atoms with Crippen molar-refractivity contribution in [3.63, 3.8) is 0 Å². The van der Waals surface area contributed by atoms with E-state index in [0.29, 0.717) is 13.0 Å². The Morgan fingerprint density at radius 3 is 2.65 bits per heavy atom. The number of ether oxygens (including phenoxy) is 2. The SMILES string of the molecule is Cc1ccccc1[C@@H]1CNCC[C@H]1OC(=O)C(C)(C)COc1ncccc1C(F)(F)F. The second kappa shape index (κ2) is 9.26. The Balaban J connectivity index is 1.69. The summed E-state index contributed by atoms with van der Waals surface area (Å²) in [6.45, 7) is 6.32. The van der Waals surface area contributed by atoms with Crippen molar-refractivity contribution >= 4 is 5.97 Å². The van der Waals surface area contributed by atoms with Crippen LogP contribution in [0.3, 0.4) is 0 Å². The van der Waals surface area contributed by atoms with Crippen molar-refractivity contribution in [2.45, 2.75) is 45.4 Å². The first-order valence-electron chi connectivity index (χ1n) is 10.2. The van der Waals surface area contributed by atoms with Crippen LogP contribution in [0.2, 0.25) is 0 Å². The van der Waals surface area contributed by atoms with E-state index in [9.17, 15) is 18.0 Å². The van der Waals surface area contributed by atoms with Crippen LogP contribution in [0.25, 0.3) is 0 Å². The van der Waals surface area contributed by atoms with Crippen molar-refractivity contribution in [1.29, 1.82) is 0 Å². The smallest absolute Gasteiger partial charge is 0.421 e. The highest BCUT2D eigenvalue weighted by Crippen LogP contribution is 2.36. The van der Waals surface area contributed by atoms with Crippen LogP contribution in [0.15, 0.2) is 42.6 Å². The summed E-state index contributed by atoms with van der Waals surface area (Å²) < 4.78 is 50.7. The molecule has 0 unspecified atom stereocenters. The van der Waals surface area contributed by atoms with Gasteiger partial charge in [0.05, 0.1) is 5.41 Å². The maximum absolute atomic E-state index is 13.2. The number of hydrogen-bond acceptors (Lipinski definition) is 5. The highest BCUT2D eigenvalue weighted by atomic mass is 19.4. The number of hydrogen-bond donors (Lipinski definition) is 1. The van der Waals surface area contributed by atoms with Crippen molar-refractivity contribution in [2.24, 2.45) is 5.41 Å². The molecule has 168 valence electrons. The number of esters is 1. The molecule has 0 bridgehead atoms. The number of benzene rings is 1. The van der Waals surface area contributed by atoms with Crippen molar-refractivity contribution in [1.82, 2.24) is 10.3 Å². The highest BCUT2D eigenvalue weighted by Gasteiger charge is 2.39. The number of carbonyl (C=O) groups excluding carboxylic acids is 1. The molecule has 5 nitrogen and oxygen atoms in total. The second-order valence-corrected chi connectivity index (χ2v) is 8.43. The van der Waals surface area contributed by atoms with Crippen LogP contribution in [0.1, 0.15) is 42.9 Å². The van der Waals surface area contributed by atoms with E-state index in [-0.39, 0.29) is 18.6 Å². The van der Waals surface area contributed by atoms with Crippen LogP contribution in [0.4, 0.5) is 13.2 Å². The number of nitrogens with one attached hydrogen (secondary N) is 1. The third-order valence-corrected chi connectivity index (χ3v) is 5.46. The molecule has 1 aliphatic heterocycles. The van der Waals surface area contributed by atoms with E-state index in [0.717, 1.165) is 23.7 Å². The number of alkyl halides is 3. The standard InChI is InChI=1S/C23H27F3N2O3/c1-15-7-4-5-8-16(15)17-13-27-12-10-19(17)31-21(29)22(2,3)14-30-20-18(23(24,25)26)9-6-11-28-20/h4-9,11,17,19,27H,10,12-14H2,1-3H3/t17-,19+/m0/s1. The van der Waals surface area contributed by atoms with Crippen LogP contribution >= 0.6 is 0 Å². The van der Waals surface area contributed by atoms with Gasteiger partial charge in [-0.2, -0.15) is 13.2 Å². The van der Waals surface area contributed by atoms with E-state index >= 15 is 0 Å². The molecule has 0 amide bonds. The van der Waals surface area contributed by atoms with Gasteiger partial charge in [0.1, 0.15) is 18.3 Å². The Kier molecular flexibility index (Phi) is 6.89. The second-order valence-electron chi connectivity index (χ2n) is 8.43. The fraction of sp³-hybridized carbons (Fsp3) is 0.478. The average molecular weight is 436 g/mol. The summed E-state index contributed by atoms with van der Waals surface area (Å²) in [7, 11) is 0. The zero-order chi connectivity index (χ0) is 22.6. The van der Waals surface area contributed by atoms with Crippen molar-refractivity contribution in [2.75, 3.05) is 19.7 Å². The number of halogens is 3. The normalized spacial score (nSPS) is 19.7. The molecule has 1 saturated heterocycles. The lowest BCUT2D eigenvalue weighted by Crippen LogP contribution is -2.44. The first kappa shape index (κ1) is 23.1. The zero-order valence-electron chi connectivity index (χ0n) is 17.8. The lowest BCUT2D eigenvalue weighted by molar-refractivity contribution is -0.163. The average Bonchev–Trinajstić information content (AvgIpc) is 2.73. The molecule has 0 aliphatic carbocycles. The number of aromatic nitrogens is 1. The fourth-order valence-electron chi connectivity index (χ4n) is 3.61. The molecule has 0 radical (unpaired) electrons. The van der Waals surface area contributed by atoms with E-state index < -0.39 is 29.0 Å². The van der Waals surface area contributed by atoms with E-state index in [1.165, 1.54) is 12.3 Å². The Labute approximate surface area is 180 Å². The molecule has 1 aromatic carbocycles. The van der Waals surface area contributed by atoms with E-state index in [1.807, 2.05) is 31.2 Å². The van der Waals surface area contributed by atoms with Crippen molar-refractivity contribution in [3.05, 3.63) is 59.3 Å². The van der Waals surface area contributed by atoms with Gasteiger partial charge in [0.2, 0.25) is 5.88 Å². The Morgan fingerprint density at radius 1 is 1.19 bits per heavy atom. The molecule has 2 heterocycles. The predicted molar refractivity (Wildman–Crippen MR) is 110 cm³/mol. The van der Waals surface area contributed by atoms with Gasteiger partial charge in [-0.25, -0.2) is 4.98 Å². The van der Waals surface area contributed by atoms with Gasteiger partial charge in [-0.05, 0) is 57.0 Å². The molecule has 1 aliphatic rings. The van der Waals surface area contributed by atoms with Gasteiger partial charge in [-0.3, -0.25) is 4.79 Å². The molecule has 0 spiro atoms. The summed E-state index contributed by atoms with van der Waals surface area (Å²) in [5.74, 6) is -1.05. The first-order valence-corrected chi connectivity index (χ1v) is 10.2. The Bertz CT molecular complexity index is 915. The third-order valence-electron chi connectivity index (χ3n) is 5.46. The monoisotopic (exact) mass is 436 g/mol. The largest absolute Gasteiger partial charge is 0.476 e. The van der Waals surface area contributed by atoms with Gasteiger partial charge in [0.25, 0.3) is 0 Å². The summed E-state index contributed by atoms with van der Waals surface area (Å²) in [6.07, 6.45) is -3.04. The summed E-state index contributed by atoms with van der Waals surface area (Å²) >= 11 is 0. The molecule has 31 heavy (non-hydrogen) atoms. The molecule has 2 aromatic rings. The van der Waals surface area contributed by atoms with E-state index in [4.69, 9.17) is 9.47 Å². The molecule has 0 saturated carbocycles. The van der Waals surface area contributed by atoms with Crippen LogP contribution in [-0.2, 0) is 15.7 Å². The number of piperidine rings is 1. The third kappa shape index (κ3) is 5.55. The van der Waals surface area contributed by atoms with Gasteiger partial charge in [0.15, 0.2) is 0 Å². The minimum absolute atomic E-state index is 0.00300. The first-order chi connectivity index (χ1) is 14.6. The minimum atomic E-state index is -4.59. The van der Waals surface area contributed by atoms with Crippen LogP contribution in [-0.4, -0.2) is 36.8 Å². The highest BCUT2D eigenvalue weighted by molar-refractivity contribution is 5.76. The Morgan fingerprint density at radius 2 is 1.94 bits per heavy atom. The fourth-order valence-corrected chi connectivity index (χ4v) is 3.61. The number of rotatable bonds is 6. The molecule has 8 heteroatoms. The molecule has 1 fully saturated rings.